The van der Waals surface area contributed by atoms with Gasteiger partial charge < -0.3 is 15.1 Å². The molecule has 1 aliphatic heterocycles. The van der Waals surface area contributed by atoms with E-state index >= 15 is 0 Å². The van der Waals surface area contributed by atoms with E-state index in [2.05, 4.69) is 5.32 Å². The standard InChI is InChI=1S/C31H34FN3O3/c1-2-26(30(37)33-24-10-3-4-11-24)35(20-21-15-17-23(32)18-16-21)28(36)14-7-19-34-27-13-6-9-22-8-5-12-25(29(22)27)31(34)38/h5-6,8-9,12-13,15-18,24,26H,2-4,7,10-11,14,19-20H2,1H3,(H,33,37). The average Bonchev–Trinajstić information content (AvgIpc) is 3.53. The highest BCUT2D eigenvalue weighted by atomic mass is 19.1. The first-order valence-electron chi connectivity index (χ1n) is 13.6. The second kappa shape index (κ2) is 11.3. The monoisotopic (exact) mass is 515 g/mol. The molecule has 38 heavy (non-hydrogen) atoms. The van der Waals surface area contributed by atoms with Crippen molar-refractivity contribution in [3.05, 3.63) is 77.6 Å². The van der Waals surface area contributed by atoms with Gasteiger partial charge in [-0.2, -0.15) is 0 Å². The minimum Gasteiger partial charge on any atom is -0.352 e. The Kier molecular flexibility index (Phi) is 7.72. The molecule has 198 valence electrons. The number of hydrogen-bond acceptors (Lipinski definition) is 3. The molecule has 6 nitrogen and oxygen atoms in total. The molecular formula is C31H34FN3O3. The third-order valence-electron chi connectivity index (χ3n) is 7.78. The Morgan fingerprint density at radius 3 is 2.47 bits per heavy atom. The first kappa shape index (κ1) is 25.9. The topological polar surface area (TPSA) is 69.7 Å². The third-order valence-corrected chi connectivity index (χ3v) is 7.78. The molecule has 5 rings (SSSR count). The van der Waals surface area contributed by atoms with Crippen molar-refractivity contribution in [2.75, 3.05) is 11.4 Å². The number of nitrogens with one attached hydrogen (secondary N) is 1. The molecular weight excluding hydrogens is 481 g/mol. The molecule has 1 fully saturated rings. The van der Waals surface area contributed by atoms with Crippen molar-refractivity contribution in [1.82, 2.24) is 10.2 Å². The molecule has 0 spiro atoms. The van der Waals surface area contributed by atoms with Crippen molar-refractivity contribution in [3.8, 4) is 0 Å². The predicted octanol–water partition coefficient (Wildman–Crippen LogP) is 5.59. The first-order chi connectivity index (χ1) is 18.5. The Morgan fingerprint density at radius 2 is 1.76 bits per heavy atom. The number of anilines is 1. The Labute approximate surface area is 222 Å². The Bertz CT molecular complexity index is 1330. The number of benzene rings is 3. The van der Waals surface area contributed by atoms with Crippen LogP contribution in [-0.4, -0.2) is 41.2 Å². The van der Waals surface area contributed by atoms with Gasteiger partial charge in [-0.3, -0.25) is 14.4 Å². The van der Waals surface area contributed by atoms with Gasteiger partial charge in [0, 0.05) is 36.5 Å². The quantitative estimate of drug-likeness (QED) is 0.383. The van der Waals surface area contributed by atoms with Gasteiger partial charge in [-0.25, -0.2) is 4.39 Å². The molecule has 0 saturated heterocycles. The summed E-state index contributed by atoms with van der Waals surface area (Å²) < 4.78 is 13.5. The van der Waals surface area contributed by atoms with Gasteiger partial charge in [0.05, 0.1) is 5.69 Å². The van der Waals surface area contributed by atoms with Crippen LogP contribution in [0.3, 0.4) is 0 Å². The SMILES string of the molecule is CCC(C(=O)NC1CCCC1)N(Cc1ccc(F)cc1)C(=O)CCCN1C(=O)c2cccc3cccc1c23. The van der Waals surface area contributed by atoms with Gasteiger partial charge in [0.1, 0.15) is 11.9 Å². The van der Waals surface area contributed by atoms with E-state index in [-0.39, 0.29) is 42.5 Å². The summed E-state index contributed by atoms with van der Waals surface area (Å²) in [5.41, 5.74) is 2.34. The summed E-state index contributed by atoms with van der Waals surface area (Å²) in [6.45, 7) is 2.54. The molecule has 1 unspecified atom stereocenters. The molecule has 1 heterocycles. The largest absolute Gasteiger partial charge is 0.352 e. The summed E-state index contributed by atoms with van der Waals surface area (Å²) in [7, 11) is 0. The number of halogens is 1. The molecule has 3 aromatic carbocycles. The van der Waals surface area contributed by atoms with Crippen molar-refractivity contribution in [2.24, 2.45) is 0 Å². The predicted molar refractivity (Wildman–Crippen MR) is 146 cm³/mol. The van der Waals surface area contributed by atoms with Crippen LogP contribution >= 0.6 is 0 Å². The van der Waals surface area contributed by atoms with Crippen LogP contribution in [0.25, 0.3) is 10.8 Å². The fourth-order valence-electron chi connectivity index (χ4n) is 5.81. The lowest BCUT2D eigenvalue weighted by atomic mass is 10.1. The number of hydrogen-bond donors (Lipinski definition) is 1. The molecule has 2 aliphatic rings. The van der Waals surface area contributed by atoms with Crippen molar-refractivity contribution < 1.29 is 18.8 Å². The van der Waals surface area contributed by atoms with E-state index in [0.29, 0.717) is 24.9 Å². The highest BCUT2D eigenvalue weighted by Gasteiger charge is 2.32. The molecule has 0 radical (unpaired) electrons. The lowest BCUT2D eigenvalue weighted by molar-refractivity contribution is -0.141. The van der Waals surface area contributed by atoms with Gasteiger partial charge in [0.2, 0.25) is 11.8 Å². The zero-order valence-corrected chi connectivity index (χ0v) is 21.8. The molecule has 1 aliphatic carbocycles. The normalized spacial score (nSPS) is 15.7. The molecule has 0 aromatic heterocycles. The van der Waals surface area contributed by atoms with E-state index in [0.717, 1.165) is 47.7 Å². The number of carbonyl (C=O) groups excluding carboxylic acids is 3. The molecule has 3 amide bonds. The van der Waals surface area contributed by atoms with E-state index in [9.17, 15) is 18.8 Å². The summed E-state index contributed by atoms with van der Waals surface area (Å²) in [6, 6.07) is 17.2. The maximum Gasteiger partial charge on any atom is 0.258 e. The number of nitrogens with zero attached hydrogens (tertiary/aromatic N) is 2. The Balaban J connectivity index is 1.29. The summed E-state index contributed by atoms with van der Waals surface area (Å²) in [5, 5.41) is 5.12. The van der Waals surface area contributed by atoms with E-state index in [1.165, 1.54) is 12.1 Å². The van der Waals surface area contributed by atoms with E-state index < -0.39 is 6.04 Å². The van der Waals surface area contributed by atoms with Crippen LogP contribution in [0.4, 0.5) is 10.1 Å². The summed E-state index contributed by atoms with van der Waals surface area (Å²) >= 11 is 0. The first-order valence-corrected chi connectivity index (χ1v) is 13.6. The van der Waals surface area contributed by atoms with Crippen molar-refractivity contribution >= 4 is 34.2 Å². The van der Waals surface area contributed by atoms with Crippen LogP contribution in [0.1, 0.15) is 67.8 Å². The van der Waals surface area contributed by atoms with E-state index in [1.807, 2.05) is 43.3 Å². The zero-order valence-electron chi connectivity index (χ0n) is 21.8. The zero-order chi connectivity index (χ0) is 26.6. The fourth-order valence-corrected chi connectivity index (χ4v) is 5.81. The molecule has 1 N–H and O–H groups in total. The molecule has 0 bridgehead atoms. The van der Waals surface area contributed by atoms with Crippen LogP contribution < -0.4 is 10.2 Å². The summed E-state index contributed by atoms with van der Waals surface area (Å²) in [6.07, 6.45) is 5.28. The van der Waals surface area contributed by atoms with Gasteiger partial charge in [-0.15, -0.1) is 0 Å². The number of rotatable bonds is 10. The van der Waals surface area contributed by atoms with Crippen molar-refractivity contribution in [2.45, 2.75) is 70.5 Å². The fraction of sp³-hybridized carbons (Fsp3) is 0.387. The van der Waals surface area contributed by atoms with E-state index in [1.54, 1.807) is 21.9 Å². The smallest absolute Gasteiger partial charge is 0.258 e. The lowest BCUT2D eigenvalue weighted by Crippen LogP contribution is -2.51. The minimum atomic E-state index is -0.612. The minimum absolute atomic E-state index is 0.0465. The second-order valence-electron chi connectivity index (χ2n) is 10.3. The highest BCUT2D eigenvalue weighted by Crippen LogP contribution is 2.37. The summed E-state index contributed by atoms with van der Waals surface area (Å²) in [5.74, 6) is -0.671. The average molecular weight is 516 g/mol. The van der Waals surface area contributed by atoms with Gasteiger partial charge in [-0.05, 0) is 60.9 Å². The van der Waals surface area contributed by atoms with Crippen LogP contribution in [0.15, 0.2) is 60.7 Å². The van der Waals surface area contributed by atoms with Crippen LogP contribution in [-0.2, 0) is 16.1 Å². The number of amides is 3. The van der Waals surface area contributed by atoms with Gasteiger partial charge in [0.25, 0.3) is 5.91 Å². The van der Waals surface area contributed by atoms with Gasteiger partial charge in [0.15, 0.2) is 0 Å². The number of carbonyl (C=O) groups is 3. The van der Waals surface area contributed by atoms with Crippen molar-refractivity contribution in [1.29, 1.82) is 0 Å². The van der Waals surface area contributed by atoms with E-state index in [4.69, 9.17) is 0 Å². The second-order valence-corrected chi connectivity index (χ2v) is 10.3. The maximum absolute atomic E-state index is 13.6. The maximum atomic E-state index is 13.6. The third kappa shape index (κ3) is 5.28. The molecule has 1 saturated carbocycles. The lowest BCUT2D eigenvalue weighted by Gasteiger charge is -2.32. The van der Waals surface area contributed by atoms with Crippen molar-refractivity contribution in [3.63, 3.8) is 0 Å². The van der Waals surface area contributed by atoms with Crippen LogP contribution in [0.2, 0.25) is 0 Å². The Hall–Kier alpha value is -3.74. The van der Waals surface area contributed by atoms with Gasteiger partial charge >= 0.3 is 0 Å². The van der Waals surface area contributed by atoms with Gasteiger partial charge in [-0.1, -0.05) is 56.2 Å². The molecule has 7 heteroatoms. The molecule has 1 atom stereocenters. The Morgan fingerprint density at radius 1 is 1.05 bits per heavy atom. The molecule has 3 aromatic rings. The highest BCUT2D eigenvalue weighted by molar-refractivity contribution is 6.25. The van der Waals surface area contributed by atoms with Crippen LogP contribution in [0, 0.1) is 5.82 Å². The van der Waals surface area contributed by atoms with Crippen LogP contribution in [0.5, 0.6) is 0 Å². The summed E-state index contributed by atoms with van der Waals surface area (Å²) in [4.78, 5) is 43.3.